The van der Waals surface area contributed by atoms with Crippen molar-refractivity contribution >= 4 is 29.3 Å². The maximum Gasteiger partial charge on any atom is 0.494 e. The third-order valence-corrected chi connectivity index (χ3v) is 6.17. The molecule has 3 aromatic rings. The number of fused-ring (bicyclic) bond motifs is 1. The first-order valence-electron chi connectivity index (χ1n) is 10.3. The van der Waals surface area contributed by atoms with E-state index in [1.807, 2.05) is 24.3 Å². The molecule has 0 radical (unpaired) electrons. The second-order valence-electron chi connectivity index (χ2n) is 8.90. The predicted octanol–water partition coefficient (Wildman–Crippen LogP) is 4.46. The fourth-order valence-electron chi connectivity index (χ4n) is 3.53. The van der Waals surface area contributed by atoms with Crippen molar-refractivity contribution in [1.82, 2.24) is 4.98 Å². The smallest absolute Gasteiger partial charge is 0.494 e. The van der Waals surface area contributed by atoms with Gasteiger partial charge in [-0.05, 0) is 75.5 Å². The van der Waals surface area contributed by atoms with Crippen LogP contribution in [0.4, 0.5) is 5.82 Å². The molecular formula is C24H29BN2O3. The summed E-state index contributed by atoms with van der Waals surface area (Å²) in [6.45, 7) is 11.1. The van der Waals surface area contributed by atoms with Crippen LogP contribution in [0.1, 0.15) is 38.8 Å². The molecule has 0 bridgehead atoms. The average molecular weight is 404 g/mol. The molecule has 0 spiro atoms. The van der Waals surface area contributed by atoms with E-state index in [4.69, 9.17) is 19.0 Å². The molecule has 0 unspecified atom stereocenters. The van der Waals surface area contributed by atoms with Crippen molar-refractivity contribution in [3.63, 3.8) is 0 Å². The lowest BCUT2D eigenvalue weighted by Crippen LogP contribution is -2.41. The van der Waals surface area contributed by atoms with Crippen LogP contribution in [0.2, 0.25) is 0 Å². The van der Waals surface area contributed by atoms with Crippen molar-refractivity contribution in [2.75, 3.05) is 12.4 Å². The van der Waals surface area contributed by atoms with E-state index in [-0.39, 0.29) is 18.3 Å². The molecule has 1 fully saturated rings. The number of methoxy groups -OCH3 is 1. The van der Waals surface area contributed by atoms with Crippen molar-refractivity contribution in [2.24, 2.45) is 0 Å². The normalized spacial score (nSPS) is 17.3. The number of aryl methyl sites for hydroxylation is 1. The van der Waals surface area contributed by atoms with Gasteiger partial charge >= 0.3 is 7.12 Å². The summed E-state index contributed by atoms with van der Waals surface area (Å²) in [6.07, 6.45) is 0. The fraction of sp³-hybridized carbons (Fsp3) is 0.375. The van der Waals surface area contributed by atoms with E-state index in [9.17, 15) is 0 Å². The van der Waals surface area contributed by atoms with Gasteiger partial charge in [0.2, 0.25) is 0 Å². The molecule has 5 nitrogen and oxygen atoms in total. The number of hydrogen-bond donors (Lipinski definition) is 1. The Balaban J connectivity index is 1.54. The maximum absolute atomic E-state index is 6.19. The monoisotopic (exact) mass is 404 g/mol. The SMILES string of the molecule is COc1ccc(CNc2nc3ccc(B4OC(C)(C)C(C)(C)O4)cc3cc2C)cc1. The summed E-state index contributed by atoms with van der Waals surface area (Å²) < 4.78 is 17.6. The molecule has 2 heterocycles. The van der Waals surface area contributed by atoms with Gasteiger partial charge in [0.05, 0.1) is 23.8 Å². The Morgan fingerprint density at radius 3 is 2.27 bits per heavy atom. The molecule has 6 heteroatoms. The lowest BCUT2D eigenvalue weighted by atomic mass is 9.78. The van der Waals surface area contributed by atoms with Crippen LogP contribution < -0.4 is 15.5 Å². The highest BCUT2D eigenvalue weighted by atomic mass is 16.7. The minimum atomic E-state index is -0.368. The summed E-state index contributed by atoms with van der Waals surface area (Å²) in [5.41, 5.74) is 3.53. The first-order chi connectivity index (χ1) is 14.2. The molecule has 1 aliphatic heterocycles. The highest BCUT2D eigenvalue weighted by molar-refractivity contribution is 6.62. The van der Waals surface area contributed by atoms with Crippen LogP contribution in [0.3, 0.4) is 0 Å². The van der Waals surface area contributed by atoms with Gasteiger partial charge in [0, 0.05) is 11.9 Å². The van der Waals surface area contributed by atoms with Crippen LogP contribution >= 0.6 is 0 Å². The van der Waals surface area contributed by atoms with Gasteiger partial charge < -0.3 is 19.4 Å². The first-order valence-corrected chi connectivity index (χ1v) is 10.3. The predicted molar refractivity (Wildman–Crippen MR) is 123 cm³/mol. The van der Waals surface area contributed by atoms with E-state index in [0.29, 0.717) is 6.54 Å². The number of benzene rings is 2. The Bertz CT molecular complexity index is 1050. The molecule has 1 aliphatic rings. The number of hydrogen-bond acceptors (Lipinski definition) is 5. The number of ether oxygens (including phenoxy) is 1. The summed E-state index contributed by atoms with van der Waals surface area (Å²) in [7, 11) is 1.31. The molecule has 1 N–H and O–H groups in total. The van der Waals surface area contributed by atoms with Gasteiger partial charge in [-0.15, -0.1) is 0 Å². The Morgan fingerprint density at radius 2 is 1.63 bits per heavy atom. The van der Waals surface area contributed by atoms with E-state index in [2.05, 4.69) is 64.2 Å². The highest BCUT2D eigenvalue weighted by Gasteiger charge is 2.51. The number of pyridine rings is 1. The number of anilines is 1. The van der Waals surface area contributed by atoms with Crippen molar-refractivity contribution in [2.45, 2.75) is 52.4 Å². The molecular weight excluding hydrogens is 375 g/mol. The fourth-order valence-corrected chi connectivity index (χ4v) is 3.53. The van der Waals surface area contributed by atoms with Crippen molar-refractivity contribution in [3.05, 3.63) is 59.7 Å². The lowest BCUT2D eigenvalue weighted by Gasteiger charge is -2.32. The molecule has 1 saturated heterocycles. The minimum absolute atomic E-state index is 0.351. The summed E-state index contributed by atoms with van der Waals surface area (Å²) in [5.74, 6) is 1.75. The van der Waals surface area contributed by atoms with E-state index in [1.165, 1.54) is 5.56 Å². The first kappa shape index (κ1) is 20.7. The van der Waals surface area contributed by atoms with E-state index >= 15 is 0 Å². The quantitative estimate of drug-likeness (QED) is 0.637. The van der Waals surface area contributed by atoms with E-state index in [0.717, 1.165) is 33.5 Å². The van der Waals surface area contributed by atoms with Crippen LogP contribution in [0.15, 0.2) is 48.5 Å². The van der Waals surface area contributed by atoms with E-state index in [1.54, 1.807) is 7.11 Å². The molecule has 0 atom stereocenters. The number of nitrogens with zero attached hydrogens (tertiary/aromatic N) is 1. The van der Waals surface area contributed by atoms with E-state index < -0.39 is 0 Å². The van der Waals surface area contributed by atoms with Gasteiger partial charge in [0.25, 0.3) is 0 Å². The third-order valence-electron chi connectivity index (χ3n) is 6.17. The molecule has 0 amide bonds. The minimum Gasteiger partial charge on any atom is -0.497 e. The molecule has 30 heavy (non-hydrogen) atoms. The Hall–Kier alpha value is -2.57. The zero-order chi connectivity index (χ0) is 21.5. The average Bonchev–Trinajstić information content (AvgIpc) is 2.93. The topological polar surface area (TPSA) is 52.6 Å². The van der Waals surface area contributed by atoms with Gasteiger partial charge in [-0.25, -0.2) is 4.98 Å². The highest BCUT2D eigenvalue weighted by Crippen LogP contribution is 2.36. The van der Waals surface area contributed by atoms with Crippen LogP contribution in [-0.4, -0.2) is 30.4 Å². The van der Waals surface area contributed by atoms with Gasteiger partial charge in [-0.2, -0.15) is 0 Å². The zero-order valence-corrected chi connectivity index (χ0v) is 18.6. The number of aromatic nitrogens is 1. The van der Waals surface area contributed by atoms with Gasteiger partial charge in [0.15, 0.2) is 0 Å². The number of rotatable bonds is 5. The maximum atomic E-state index is 6.19. The molecule has 4 rings (SSSR count). The van der Waals surface area contributed by atoms with Crippen LogP contribution in [0, 0.1) is 6.92 Å². The summed E-state index contributed by atoms with van der Waals surface area (Å²) in [4.78, 5) is 4.83. The third kappa shape index (κ3) is 3.90. The Kier molecular flexibility index (Phi) is 5.24. The van der Waals surface area contributed by atoms with Crippen LogP contribution in [-0.2, 0) is 15.9 Å². The van der Waals surface area contributed by atoms with Crippen LogP contribution in [0.25, 0.3) is 10.9 Å². The largest absolute Gasteiger partial charge is 0.497 e. The summed E-state index contributed by atoms with van der Waals surface area (Å²) in [5, 5.41) is 4.53. The molecule has 0 aliphatic carbocycles. The summed E-state index contributed by atoms with van der Waals surface area (Å²) >= 11 is 0. The lowest BCUT2D eigenvalue weighted by molar-refractivity contribution is 0.00578. The Labute approximate surface area is 178 Å². The molecule has 1 aromatic heterocycles. The van der Waals surface area contributed by atoms with Gasteiger partial charge in [-0.1, -0.05) is 24.3 Å². The van der Waals surface area contributed by atoms with Crippen molar-refractivity contribution < 1.29 is 14.0 Å². The van der Waals surface area contributed by atoms with Crippen molar-refractivity contribution in [3.8, 4) is 5.75 Å². The van der Waals surface area contributed by atoms with Crippen LogP contribution in [0.5, 0.6) is 5.75 Å². The molecule has 0 saturated carbocycles. The summed E-state index contributed by atoms with van der Waals surface area (Å²) in [6, 6.07) is 16.4. The Morgan fingerprint density at radius 1 is 0.967 bits per heavy atom. The van der Waals surface area contributed by atoms with Crippen molar-refractivity contribution in [1.29, 1.82) is 0 Å². The zero-order valence-electron chi connectivity index (χ0n) is 18.6. The van der Waals surface area contributed by atoms with Gasteiger partial charge in [-0.3, -0.25) is 0 Å². The second kappa shape index (κ2) is 7.60. The van der Waals surface area contributed by atoms with Gasteiger partial charge in [0.1, 0.15) is 11.6 Å². The second-order valence-corrected chi connectivity index (χ2v) is 8.90. The molecule has 2 aromatic carbocycles. The number of nitrogens with one attached hydrogen (secondary N) is 1. The molecule has 156 valence electrons. The standard InChI is InChI=1S/C24H29BN2O3/c1-16-13-18-14-19(25-29-23(2,3)24(4,5)30-25)9-12-21(18)27-22(16)26-15-17-7-10-20(28-6)11-8-17/h7-14H,15H2,1-6H3,(H,26,27).